The predicted molar refractivity (Wildman–Crippen MR) is 91.8 cm³/mol. The maximum absolute atomic E-state index is 13.9. The van der Waals surface area contributed by atoms with Crippen LogP contribution in [0.15, 0.2) is 53.2 Å². The van der Waals surface area contributed by atoms with Crippen molar-refractivity contribution in [3.63, 3.8) is 0 Å². The molecule has 0 N–H and O–H groups in total. The molecular weight excluding hydrogens is 335 g/mol. The lowest BCUT2D eigenvalue weighted by atomic mass is 9.97. The second-order valence-corrected chi connectivity index (χ2v) is 6.26. The standard InChI is InChI=1S/C19H17FN4O2/c20-16-8-2-1-7-15(16)18-23-22-17(26-18)14-6-4-10-24(12-14)19(25)13-5-3-9-21-11-13/h1-3,5,7-9,11,14H,4,6,10,12H2/t14-/m0/s1. The van der Waals surface area contributed by atoms with Crippen molar-refractivity contribution in [1.29, 1.82) is 0 Å². The van der Waals surface area contributed by atoms with Gasteiger partial charge >= 0.3 is 0 Å². The van der Waals surface area contributed by atoms with Gasteiger partial charge in [-0.15, -0.1) is 10.2 Å². The number of carbonyl (C=O) groups excluding carboxylic acids is 1. The third-order valence-electron chi connectivity index (χ3n) is 4.51. The second-order valence-electron chi connectivity index (χ2n) is 6.26. The summed E-state index contributed by atoms with van der Waals surface area (Å²) < 4.78 is 19.6. The molecule has 0 bridgehead atoms. The molecule has 1 aromatic carbocycles. The molecule has 0 radical (unpaired) electrons. The smallest absolute Gasteiger partial charge is 0.255 e. The van der Waals surface area contributed by atoms with Crippen molar-refractivity contribution in [3.8, 4) is 11.5 Å². The molecular formula is C19H17FN4O2. The average molecular weight is 352 g/mol. The van der Waals surface area contributed by atoms with Crippen LogP contribution in [0.2, 0.25) is 0 Å². The van der Waals surface area contributed by atoms with E-state index in [9.17, 15) is 9.18 Å². The molecule has 1 aliphatic rings. The van der Waals surface area contributed by atoms with E-state index < -0.39 is 5.82 Å². The first-order valence-corrected chi connectivity index (χ1v) is 8.50. The van der Waals surface area contributed by atoms with Crippen LogP contribution in [0.5, 0.6) is 0 Å². The largest absolute Gasteiger partial charge is 0.420 e. The van der Waals surface area contributed by atoms with Crippen LogP contribution in [0, 0.1) is 5.82 Å². The number of rotatable bonds is 3. The van der Waals surface area contributed by atoms with Gasteiger partial charge in [0.1, 0.15) is 5.82 Å². The van der Waals surface area contributed by atoms with Crippen LogP contribution in [0.3, 0.4) is 0 Å². The summed E-state index contributed by atoms with van der Waals surface area (Å²) in [5.41, 5.74) is 0.844. The fraction of sp³-hybridized carbons (Fsp3) is 0.263. The molecule has 6 nitrogen and oxygen atoms in total. The molecule has 3 aromatic rings. The fourth-order valence-corrected chi connectivity index (χ4v) is 3.18. The van der Waals surface area contributed by atoms with E-state index in [1.807, 2.05) is 0 Å². The Bertz CT molecular complexity index is 913. The molecule has 1 saturated heterocycles. The first kappa shape index (κ1) is 16.4. The summed E-state index contributed by atoms with van der Waals surface area (Å²) in [7, 11) is 0. The summed E-state index contributed by atoms with van der Waals surface area (Å²) in [6.07, 6.45) is 4.89. The van der Waals surface area contributed by atoms with Gasteiger partial charge in [-0.2, -0.15) is 0 Å². The molecule has 1 aliphatic heterocycles. The van der Waals surface area contributed by atoms with Crippen LogP contribution in [0.4, 0.5) is 4.39 Å². The second kappa shape index (κ2) is 7.03. The lowest BCUT2D eigenvalue weighted by Crippen LogP contribution is -2.39. The third kappa shape index (κ3) is 3.20. The van der Waals surface area contributed by atoms with E-state index >= 15 is 0 Å². The first-order chi connectivity index (χ1) is 12.7. The van der Waals surface area contributed by atoms with E-state index in [1.165, 1.54) is 6.07 Å². The Morgan fingerprint density at radius 2 is 2.08 bits per heavy atom. The molecule has 1 fully saturated rings. The first-order valence-electron chi connectivity index (χ1n) is 8.50. The highest BCUT2D eigenvalue weighted by molar-refractivity contribution is 5.93. The topological polar surface area (TPSA) is 72.1 Å². The van der Waals surface area contributed by atoms with Crippen molar-refractivity contribution in [1.82, 2.24) is 20.1 Å². The van der Waals surface area contributed by atoms with Crippen molar-refractivity contribution in [2.24, 2.45) is 0 Å². The number of benzene rings is 1. The molecule has 0 spiro atoms. The zero-order valence-electron chi connectivity index (χ0n) is 14.0. The minimum absolute atomic E-state index is 0.0580. The van der Waals surface area contributed by atoms with Gasteiger partial charge in [-0.1, -0.05) is 12.1 Å². The van der Waals surface area contributed by atoms with E-state index in [0.717, 1.165) is 12.8 Å². The number of hydrogen-bond acceptors (Lipinski definition) is 5. The van der Waals surface area contributed by atoms with Gasteiger partial charge in [0, 0.05) is 25.5 Å². The summed E-state index contributed by atoms with van der Waals surface area (Å²) in [5.74, 6) is 0.0783. The van der Waals surface area contributed by atoms with Gasteiger partial charge < -0.3 is 9.32 Å². The number of aromatic nitrogens is 3. The zero-order valence-corrected chi connectivity index (χ0v) is 14.0. The highest BCUT2D eigenvalue weighted by Gasteiger charge is 2.29. The number of carbonyl (C=O) groups is 1. The number of halogens is 1. The molecule has 7 heteroatoms. The van der Waals surface area contributed by atoms with Gasteiger partial charge in [-0.25, -0.2) is 4.39 Å². The minimum atomic E-state index is -0.403. The van der Waals surface area contributed by atoms with Gasteiger partial charge in [0.2, 0.25) is 5.89 Å². The summed E-state index contributed by atoms with van der Waals surface area (Å²) in [4.78, 5) is 18.4. The predicted octanol–water partition coefficient (Wildman–Crippen LogP) is 3.29. The van der Waals surface area contributed by atoms with Crippen LogP contribution in [-0.2, 0) is 0 Å². The Labute approximate surface area is 149 Å². The number of nitrogens with zero attached hydrogens (tertiary/aromatic N) is 4. The molecule has 3 heterocycles. The van der Waals surface area contributed by atoms with Gasteiger partial charge in [0.15, 0.2) is 0 Å². The van der Waals surface area contributed by atoms with Gasteiger partial charge in [0.05, 0.1) is 17.0 Å². The Morgan fingerprint density at radius 3 is 2.88 bits per heavy atom. The van der Waals surface area contributed by atoms with E-state index in [0.29, 0.717) is 24.5 Å². The molecule has 0 unspecified atom stereocenters. The van der Waals surface area contributed by atoms with Crippen molar-refractivity contribution in [2.75, 3.05) is 13.1 Å². The molecule has 4 rings (SSSR count). The van der Waals surface area contributed by atoms with Gasteiger partial charge in [-0.05, 0) is 37.1 Å². The Balaban J connectivity index is 1.52. The van der Waals surface area contributed by atoms with Crippen LogP contribution in [-0.4, -0.2) is 39.1 Å². The van der Waals surface area contributed by atoms with Gasteiger partial charge in [0.25, 0.3) is 11.8 Å². The number of likely N-dealkylation sites (tertiary alicyclic amines) is 1. The molecule has 0 aliphatic carbocycles. The van der Waals surface area contributed by atoms with Crippen LogP contribution in [0.25, 0.3) is 11.5 Å². The summed E-state index contributed by atoms with van der Waals surface area (Å²) in [5, 5.41) is 8.07. The summed E-state index contributed by atoms with van der Waals surface area (Å²) in [6.45, 7) is 1.17. The quantitative estimate of drug-likeness (QED) is 0.723. The van der Waals surface area contributed by atoms with Crippen molar-refractivity contribution < 1.29 is 13.6 Å². The molecule has 1 amide bonds. The van der Waals surface area contributed by atoms with Gasteiger partial charge in [-0.3, -0.25) is 9.78 Å². The van der Waals surface area contributed by atoms with Crippen molar-refractivity contribution >= 4 is 5.91 Å². The molecule has 2 aromatic heterocycles. The van der Waals surface area contributed by atoms with E-state index in [4.69, 9.17) is 4.42 Å². The number of pyridine rings is 1. The molecule has 1 atom stereocenters. The lowest BCUT2D eigenvalue weighted by Gasteiger charge is -2.31. The van der Waals surface area contributed by atoms with Crippen LogP contribution < -0.4 is 0 Å². The maximum atomic E-state index is 13.9. The SMILES string of the molecule is O=C(c1cccnc1)N1CCC[C@H](c2nnc(-c3ccccc3F)o2)C1. The Morgan fingerprint density at radius 1 is 1.19 bits per heavy atom. The number of piperidine rings is 1. The Hall–Kier alpha value is -3.09. The van der Waals surface area contributed by atoms with E-state index in [-0.39, 0.29) is 23.3 Å². The average Bonchev–Trinajstić information content (AvgIpc) is 3.18. The van der Waals surface area contributed by atoms with Crippen LogP contribution in [0.1, 0.15) is 35.0 Å². The van der Waals surface area contributed by atoms with Crippen molar-refractivity contribution in [3.05, 3.63) is 66.1 Å². The highest BCUT2D eigenvalue weighted by Crippen LogP contribution is 2.29. The molecule has 0 saturated carbocycles. The van der Waals surface area contributed by atoms with E-state index in [1.54, 1.807) is 47.6 Å². The summed E-state index contributed by atoms with van der Waals surface area (Å²) >= 11 is 0. The fourth-order valence-electron chi connectivity index (χ4n) is 3.18. The van der Waals surface area contributed by atoms with E-state index in [2.05, 4.69) is 15.2 Å². The normalized spacial score (nSPS) is 17.3. The van der Waals surface area contributed by atoms with Crippen molar-refractivity contribution in [2.45, 2.75) is 18.8 Å². The lowest BCUT2D eigenvalue weighted by molar-refractivity contribution is 0.0698. The third-order valence-corrected chi connectivity index (χ3v) is 4.51. The highest BCUT2D eigenvalue weighted by atomic mass is 19.1. The number of hydrogen-bond donors (Lipinski definition) is 0. The zero-order chi connectivity index (χ0) is 17.9. The monoisotopic (exact) mass is 352 g/mol. The molecule has 132 valence electrons. The number of amides is 1. The van der Waals surface area contributed by atoms with Crippen LogP contribution >= 0.6 is 0 Å². The summed E-state index contributed by atoms with van der Waals surface area (Å²) in [6, 6.07) is 9.78. The Kier molecular flexibility index (Phi) is 4.43. The maximum Gasteiger partial charge on any atom is 0.255 e. The minimum Gasteiger partial charge on any atom is -0.420 e. The molecule has 26 heavy (non-hydrogen) atoms.